The lowest BCUT2D eigenvalue weighted by atomic mass is 9.87. The second-order valence-electron chi connectivity index (χ2n) is 10.6. The first-order valence-electron chi connectivity index (χ1n) is 12.8. The summed E-state index contributed by atoms with van der Waals surface area (Å²) in [4.78, 5) is 25.5. The van der Waals surface area contributed by atoms with Crippen molar-refractivity contribution in [1.29, 1.82) is 0 Å². The van der Waals surface area contributed by atoms with Crippen molar-refractivity contribution < 1.29 is 14.7 Å². The molecule has 1 aliphatic carbocycles. The van der Waals surface area contributed by atoms with Crippen LogP contribution in [0.25, 0.3) is 11.3 Å². The average molecular weight is 489 g/mol. The summed E-state index contributed by atoms with van der Waals surface area (Å²) in [6, 6.07) is 14.2. The molecule has 0 bridgehead atoms. The zero-order valence-electron chi connectivity index (χ0n) is 21.6. The van der Waals surface area contributed by atoms with E-state index < -0.39 is 0 Å². The van der Waals surface area contributed by atoms with Crippen LogP contribution < -0.4 is 10.6 Å². The predicted molar refractivity (Wildman–Crippen MR) is 143 cm³/mol. The van der Waals surface area contributed by atoms with Crippen LogP contribution in [-0.2, 0) is 5.41 Å². The van der Waals surface area contributed by atoms with E-state index in [0.717, 1.165) is 43.4 Å². The van der Waals surface area contributed by atoms with Gasteiger partial charge in [-0.05, 0) is 60.6 Å². The van der Waals surface area contributed by atoms with Gasteiger partial charge in [0.15, 0.2) is 0 Å². The van der Waals surface area contributed by atoms with Crippen LogP contribution in [0.5, 0.6) is 5.75 Å². The fraction of sp³-hybridized carbons (Fsp3) is 0.414. The summed E-state index contributed by atoms with van der Waals surface area (Å²) in [6.07, 6.45) is 5.17. The molecule has 1 saturated carbocycles. The molecule has 2 amide bonds. The summed E-state index contributed by atoms with van der Waals surface area (Å²) in [5, 5.41) is 21.1. The van der Waals surface area contributed by atoms with E-state index in [4.69, 9.17) is 0 Å². The van der Waals surface area contributed by atoms with Gasteiger partial charge in [0.1, 0.15) is 5.75 Å². The third-order valence-electron chi connectivity index (χ3n) is 6.77. The summed E-state index contributed by atoms with van der Waals surface area (Å²) >= 11 is 0. The molecule has 190 valence electrons. The van der Waals surface area contributed by atoms with E-state index >= 15 is 0 Å². The van der Waals surface area contributed by atoms with Crippen LogP contribution in [0.4, 0.5) is 10.5 Å². The maximum absolute atomic E-state index is 12.8. The highest BCUT2D eigenvalue weighted by Crippen LogP contribution is 2.38. The molecule has 0 unspecified atom stereocenters. The van der Waals surface area contributed by atoms with Gasteiger partial charge >= 0.3 is 6.03 Å². The molecular weight excluding hydrogens is 452 g/mol. The number of benzene rings is 2. The fourth-order valence-electron chi connectivity index (χ4n) is 4.66. The smallest absolute Gasteiger partial charge is 0.342 e. The monoisotopic (exact) mass is 488 g/mol. The minimum Gasteiger partial charge on any atom is -0.507 e. The first-order chi connectivity index (χ1) is 17.2. The standard InChI is InChI=1S/C29H36N4O3/c1-5-16-30-28(36)33-25(19-8-6-7-9-19)18-24(32-33)23-15-14-22(17-26(23)34)31-27(35)20-10-12-21(13-11-20)29(2,3)4/h10-15,17-19,34H,5-9,16H2,1-4H3,(H,30,36)(H,31,35). The normalized spacial score (nSPS) is 14.1. The molecule has 3 aromatic rings. The van der Waals surface area contributed by atoms with Crippen molar-refractivity contribution in [2.45, 2.75) is 71.1 Å². The Morgan fingerprint density at radius 2 is 1.75 bits per heavy atom. The molecule has 7 nitrogen and oxygen atoms in total. The van der Waals surface area contributed by atoms with Crippen LogP contribution >= 0.6 is 0 Å². The van der Waals surface area contributed by atoms with E-state index in [1.54, 1.807) is 12.1 Å². The highest BCUT2D eigenvalue weighted by Gasteiger charge is 2.26. The van der Waals surface area contributed by atoms with Crippen molar-refractivity contribution in [3.8, 4) is 17.0 Å². The number of nitrogens with zero attached hydrogens (tertiary/aromatic N) is 2. The van der Waals surface area contributed by atoms with Gasteiger partial charge in [0.2, 0.25) is 0 Å². The second kappa shape index (κ2) is 10.6. The minimum absolute atomic E-state index is 0.00697. The van der Waals surface area contributed by atoms with E-state index in [9.17, 15) is 14.7 Å². The SMILES string of the molecule is CCCNC(=O)n1nc(-c2ccc(NC(=O)c3ccc(C(C)(C)C)cc3)cc2O)cc1C1CCCC1. The van der Waals surface area contributed by atoms with E-state index in [2.05, 4.69) is 36.5 Å². The van der Waals surface area contributed by atoms with Crippen molar-refractivity contribution in [1.82, 2.24) is 15.1 Å². The Morgan fingerprint density at radius 3 is 2.36 bits per heavy atom. The van der Waals surface area contributed by atoms with Crippen LogP contribution in [0, 0.1) is 0 Å². The van der Waals surface area contributed by atoms with Crippen LogP contribution in [0.3, 0.4) is 0 Å². The zero-order valence-corrected chi connectivity index (χ0v) is 21.6. The first kappa shape index (κ1) is 25.5. The number of phenolic OH excluding ortho intramolecular Hbond substituents is 1. The lowest BCUT2D eigenvalue weighted by Crippen LogP contribution is -2.31. The first-order valence-corrected chi connectivity index (χ1v) is 12.8. The lowest BCUT2D eigenvalue weighted by molar-refractivity contribution is 0.102. The Kier molecular flexibility index (Phi) is 7.48. The van der Waals surface area contributed by atoms with Crippen molar-refractivity contribution in [3.63, 3.8) is 0 Å². The molecular formula is C29H36N4O3. The summed E-state index contributed by atoms with van der Waals surface area (Å²) in [5.74, 6) is 0.0273. The second-order valence-corrected chi connectivity index (χ2v) is 10.6. The number of aromatic hydroxyl groups is 1. The Labute approximate surface area is 212 Å². The number of hydrogen-bond donors (Lipinski definition) is 3. The van der Waals surface area contributed by atoms with E-state index in [1.165, 1.54) is 10.7 Å². The van der Waals surface area contributed by atoms with Gasteiger partial charge in [0, 0.05) is 35.3 Å². The van der Waals surface area contributed by atoms with Gasteiger partial charge in [0.05, 0.1) is 11.4 Å². The zero-order chi connectivity index (χ0) is 25.9. The summed E-state index contributed by atoms with van der Waals surface area (Å²) in [6.45, 7) is 8.97. The maximum Gasteiger partial charge on any atom is 0.342 e. The van der Waals surface area contributed by atoms with Gasteiger partial charge < -0.3 is 15.7 Å². The summed E-state index contributed by atoms with van der Waals surface area (Å²) < 4.78 is 1.46. The van der Waals surface area contributed by atoms with Gasteiger partial charge in [-0.15, -0.1) is 0 Å². The van der Waals surface area contributed by atoms with Gasteiger partial charge in [-0.25, -0.2) is 4.79 Å². The van der Waals surface area contributed by atoms with Gasteiger partial charge in [-0.3, -0.25) is 4.79 Å². The third kappa shape index (κ3) is 5.61. The number of hydrogen-bond acceptors (Lipinski definition) is 4. The molecule has 0 radical (unpaired) electrons. The molecule has 1 heterocycles. The largest absolute Gasteiger partial charge is 0.507 e. The molecule has 0 spiro atoms. The van der Waals surface area contributed by atoms with E-state index in [-0.39, 0.29) is 29.0 Å². The molecule has 1 aromatic heterocycles. The van der Waals surface area contributed by atoms with E-state index in [0.29, 0.717) is 29.1 Å². The molecule has 1 aliphatic rings. The lowest BCUT2D eigenvalue weighted by Gasteiger charge is -2.19. The molecule has 2 aromatic carbocycles. The molecule has 1 fully saturated rings. The Balaban J connectivity index is 1.55. The molecule has 4 rings (SSSR count). The molecule has 7 heteroatoms. The maximum atomic E-state index is 12.8. The van der Waals surface area contributed by atoms with Gasteiger partial charge in [0.25, 0.3) is 5.91 Å². The van der Waals surface area contributed by atoms with Crippen molar-refractivity contribution in [2.24, 2.45) is 0 Å². The Morgan fingerprint density at radius 1 is 1.06 bits per heavy atom. The van der Waals surface area contributed by atoms with Gasteiger partial charge in [-0.2, -0.15) is 9.78 Å². The molecule has 36 heavy (non-hydrogen) atoms. The van der Waals surface area contributed by atoms with Crippen LogP contribution in [0.15, 0.2) is 48.5 Å². The Bertz CT molecular complexity index is 1230. The number of aromatic nitrogens is 2. The van der Waals surface area contributed by atoms with Crippen LogP contribution in [-0.4, -0.2) is 33.4 Å². The fourth-order valence-corrected chi connectivity index (χ4v) is 4.66. The molecule has 0 saturated heterocycles. The number of amides is 2. The molecule has 0 atom stereocenters. The number of nitrogens with one attached hydrogen (secondary N) is 2. The van der Waals surface area contributed by atoms with Crippen molar-refractivity contribution in [2.75, 3.05) is 11.9 Å². The van der Waals surface area contributed by atoms with Crippen LogP contribution in [0.1, 0.15) is 87.3 Å². The van der Waals surface area contributed by atoms with Gasteiger partial charge in [-0.1, -0.05) is 52.7 Å². The van der Waals surface area contributed by atoms with Crippen LogP contribution in [0.2, 0.25) is 0 Å². The predicted octanol–water partition coefficient (Wildman–Crippen LogP) is 6.43. The topological polar surface area (TPSA) is 96.3 Å². The summed E-state index contributed by atoms with van der Waals surface area (Å²) in [5.41, 5.74) is 4.13. The van der Waals surface area contributed by atoms with E-state index in [1.807, 2.05) is 37.3 Å². The molecule has 0 aliphatic heterocycles. The summed E-state index contributed by atoms with van der Waals surface area (Å²) in [7, 11) is 0. The number of carbonyl (C=O) groups is 2. The number of anilines is 1. The Hall–Kier alpha value is -3.61. The third-order valence-corrected chi connectivity index (χ3v) is 6.77. The number of phenols is 1. The quantitative estimate of drug-likeness (QED) is 0.372. The van der Waals surface area contributed by atoms with Crippen molar-refractivity contribution in [3.05, 3.63) is 65.4 Å². The molecule has 3 N–H and O–H groups in total. The highest BCUT2D eigenvalue weighted by molar-refractivity contribution is 6.04. The highest BCUT2D eigenvalue weighted by atomic mass is 16.3. The number of rotatable bonds is 6. The van der Waals surface area contributed by atoms with Crippen molar-refractivity contribution >= 4 is 17.6 Å². The minimum atomic E-state index is -0.247. The average Bonchev–Trinajstić information content (AvgIpc) is 3.52. The number of carbonyl (C=O) groups excluding carboxylic acids is 2.